The van der Waals surface area contributed by atoms with Crippen LogP contribution in [0.4, 0.5) is 10.3 Å². The van der Waals surface area contributed by atoms with E-state index in [1.165, 1.54) is 6.07 Å². The standard InChI is InChI=1S/C15H20FN3/c1-11(2)17-15-18-12(3)10-19(15)9-8-13-6-4-5-7-14(13)16/h4-7,10-11H,8-9H2,1-3H3,(H,17,18). The van der Waals surface area contributed by atoms with E-state index in [9.17, 15) is 4.39 Å². The third kappa shape index (κ3) is 3.56. The molecule has 19 heavy (non-hydrogen) atoms. The van der Waals surface area contributed by atoms with Gasteiger partial charge in [0.25, 0.3) is 0 Å². The van der Waals surface area contributed by atoms with E-state index in [1.807, 2.05) is 29.8 Å². The largest absolute Gasteiger partial charge is 0.353 e. The number of aromatic nitrogens is 2. The highest BCUT2D eigenvalue weighted by Gasteiger charge is 2.08. The van der Waals surface area contributed by atoms with Crippen molar-refractivity contribution in [2.45, 2.75) is 39.8 Å². The molecule has 0 bridgehead atoms. The summed E-state index contributed by atoms with van der Waals surface area (Å²) < 4.78 is 15.6. The van der Waals surface area contributed by atoms with Crippen LogP contribution >= 0.6 is 0 Å². The minimum atomic E-state index is -0.141. The average Bonchev–Trinajstić information content (AvgIpc) is 2.67. The Hall–Kier alpha value is -1.84. The molecule has 0 radical (unpaired) electrons. The molecule has 0 atom stereocenters. The summed E-state index contributed by atoms with van der Waals surface area (Å²) in [6, 6.07) is 7.24. The Balaban J connectivity index is 2.09. The van der Waals surface area contributed by atoms with Gasteiger partial charge in [-0.05, 0) is 38.8 Å². The monoisotopic (exact) mass is 261 g/mol. The van der Waals surface area contributed by atoms with Crippen LogP contribution in [-0.2, 0) is 13.0 Å². The van der Waals surface area contributed by atoms with Gasteiger partial charge < -0.3 is 9.88 Å². The van der Waals surface area contributed by atoms with Crippen molar-refractivity contribution < 1.29 is 4.39 Å². The van der Waals surface area contributed by atoms with E-state index < -0.39 is 0 Å². The van der Waals surface area contributed by atoms with Crippen LogP contribution in [0.3, 0.4) is 0 Å². The number of nitrogens with zero attached hydrogens (tertiary/aromatic N) is 2. The molecule has 0 fully saturated rings. The molecule has 1 N–H and O–H groups in total. The van der Waals surface area contributed by atoms with Gasteiger partial charge >= 0.3 is 0 Å². The number of aryl methyl sites for hydroxylation is 3. The van der Waals surface area contributed by atoms with E-state index in [-0.39, 0.29) is 5.82 Å². The molecule has 1 aromatic carbocycles. The normalized spacial score (nSPS) is 11.0. The summed E-state index contributed by atoms with van der Waals surface area (Å²) in [5, 5.41) is 3.30. The van der Waals surface area contributed by atoms with Crippen LogP contribution in [0.1, 0.15) is 25.1 Å². The molecule has 0 amide bonds. The van der Waals surface area contributed by atoms with Crippen molar-refractivity contribution in [2.24, 2.45) is 0 Å². The van der Waals surface area contributed by atoms with Gasteiger partial charge in [0.2, 0.25) is 5.95 Å². The van der Waals surface area contributed by atoms with Gasteiger partial charge in [0, 0.05) is 18.8 Å². The highest BCUT2D eigenvalue weighted by molar-refractivity contribution is 5.30. The number of halogens is 1. The van der Waals surface area contributed by atoms with Gasteiger partial charge in [0.05, 0.1) is 5.69 Å². The van der Waals surface area contributed by atoms with Crippen LogP contribution in [0, 0.1) is 12.7 Å². The fraction of sp³-hybridized carbons (Fsp3) is 0.400. The summed E-state index contributed by atoms with van der Waals surface area (Å²) in [5.74, 6) is 0.710. The van der Waals surface area contributed by atoms with E-state index in [1.54, 1.807) is 6.07 Å². The van der Waals surface area contributed by atoms with Crippen molar-refractivity contribution in [1.82, 2.24) is 9.55 Å². The SMILES string of the molecule is Cc1cn(CCc2ccccc2F)c(NC(C)C)n1. The smallest absolute Gasteiger partial charge is 0.203 e. The molecule has 0 aliphatic rings. The maximum Gasteiger partial charge on any atom is 0.203 e. The Morgan fingerprint density at radius 1 is 1.32 bits per heavy atom. The lowest BCUT2D eigenvalue weighted by Gasteiger charge is -2.12. The number of benzene rings is 1. The topological polar surface area (TPSA) is 29.9 Å². The van der Waals surface area contributed by atoms with Crippen molar-refractivity contribution in [3.05, 3.63) is 47.5 Å². The maximum absolute atomic E-state index is 13.6. The molecule has 2 rings (SSSR count). The summed E-state index contributed by atoms with van der Waals surface area (Å²) in [6.07, 6.45) is 2.65. The highest BCUT2D eigenvalue weighted by atomic mass is 19.1. The predicted octanol–water partition coefficient (Wildman–Crippen LogP) is 3.39. The maximum atomic E-state index is 13.6. The molecule has 3 nitrogen and oxygen atoms in total. The zero-order chi connectivity index (χ0) is 13.8. The zero-order valence-corrected chi connectivity index (χ0v) is 11.7. The van der Waals surface area contributed by atoms with Gasteiger partial charge in [-0.2, -0.15) is 0 Å². The Kier molecular flexibility index (Phi) is 4.20. The van der Waals surface area contributed by atoms with Crippen molar-refractivity contribution >= 4 is 5.95 Å². The van der Waals surface area contributed by atoms with Crippen molar-refractivity contribution in [2.75, 3.05) is 5.32 Å². The summed E-state index contributed by atoms with van der Waals surface area (Å²) in [6.45, 7) is 6.83. The first-order valence-corrected chi connectivity index (χ1v) is 6.60. The number of hydrogen-bond donors (Lipinski definition) is 1. The van der Waals surface area contributed by atoms with Crippen LogP contribution < -0.4 is 5.32 Å². The summed E-state index contributed by atoms with van der Waals surface area (Å²) >= 11 is 0. The lowest BCUT2D eigenvalue weighted by molar-refractivity contribution is 0.593. The molecule has 102 valence electrons. The van der Waals surface area contributed by atoms with E-state index in [4.69, 9.17) is 0 Å². The molecular weight excluding hydrogens is 241 g/mol. The van der Waals surface area contributed by atoms with Crippen LogP contribution in [0.15, 0.2) is 30.5 Å². The van der Waals surface area contributed by atoms with Gasteiger partial charge in [-0.3, -0.25) is 0 Å². The van der Waals surface area contributed by atoms with Crippen molar-refractivity contribution in [1.29, 1.82) is 0 Å². The minimum Gasteiger partial charge on any atom is -0.353 e. The van der Waals surface area contributed by atoms with E-state index in [0.29, 0.717) is 12.5 Å². The lowest BCUT2D eigenvalue weighted by Crippen LogP contribution is -2.15. The summed E-state index contributed by atoms with van der Waals surface area (Å²) in [7, 11) is 0. The van der Waals surface area contributed by atoms with Gasteiger partial charge in [-0.1, -0.05) is 18.2 Å². The number of rotatable bonds is 5. The summed E-state index contributed by atoms with van der Waals surface area (Å²) in [4.78, 5) is 4.44. The molecule has 2 aromatic rings. The molecule has 0 unspecified atom stereocenters. The molecule has 0 saturated heterocycles. The molecule has 0 spiro atoms. The predicted molar refractivity (Wildman–Crippen MR) is 75.8 cm³/mol. The average molecular weight is 261 g/mol. The molecule has 4 heteroatoms. The van der Waals surface area contributed by atoms with Gasteiger partial charge in [0.1, 0.15) is 5.82 Å². The Morgan fingerprint density at radius 3 is 2.74 bits per heavy atom. The van der Waals surface area contributed by atoms with Crippen molar-refractivity contribution in [3.8, 4) is 0 Å². The molecule has 0 saturated carbocycles. The number of imidazole rings is 1. The van der Waals surface area contributed by atoms with E-state index in [2.05, 4.69) is 24.1 Å². The lowest BCUT2D eigenvalue weighted by atomic mass is 10.1. The second-order valence-corrected chi connectivity index (χ2v) is 5.04. The quantitative estimate of drug-likeness (QED) is 0.894. The van der Waals surface area contributed by atoms with Gasteiger partial charge in [-0.15, -0.1) is 0 Å². The van der Waals surface area contributed by atoms with Gasteiger partial charge in [-0.25, -0.2) is 9.37 Å². The minimum absolute atomic E-state index is 0.141. The first-order chi connectivity index (χ1) is 9.06. The summed E-state index contributed by atoms with van der Waals surface area (Å²) in [5.41, 5.74) is 1.71. The number of nitrogens with one attached hydrogen (secondary N) is 1. The molecule has 1 aromatic heterocycles. The second-order valence-electron chi connectivity index (χ2n) is 5.04. The third-order valence-electron chi connectivity index (χ3n) is 2.89. The van der Waals surface area contributed by atoms with Crippen LogP contribution in [0.5, 0.6) is 0 Å². The van der Waals surface area contributed by atoms with Crippen molar-refractivity contribution in [3.63, 3.8) is 0 Å². The first-order valence-electron chi connectivity index (χ1n) is 6.60. The van der Waals surface area contributed by atoms with Crippen LogP contribution in [0.2, 0.25) is 0 Å². The Bertz CT molecular complexity index is 546. The Morgan fingerprint density at radius 2 is 2.05 bits per heavy atom. The first kappa shape index (κ1) is 13.6. The highest BCUT2D eigenvalue weighted by Crippen LogP contribution is 2.13. The van der Waals surface area contributed by atoms with Crippen LogP contribution in [0.25, 0.3) is 0 Å². The zero-order valence-electron chi connectivity index (χ0n) is 11.7. The second kappa shape index (κ2) is 5.87. The fourth-order valence-corrected chi connectivity index (χ4v) is 2.03. The van der Waals surface area contributed by atoms with E-state index >= 15 is 0 Å². The molecule has 1 heterocycles. The Labute approximate surface area is 113 Å². The van der Waals surface area contributed by atoms with E-state index in [0.717, 1.165) is 23.8 Å². The fourth-order valence-electron chi connectivity index (χ4n) is 2.03. The molecule has 0 aliphatic heterocycles. The number of hydrogen-bond acceptors (Lipinski definition) is 2. The molecular formula is C15H20FN3. The third-order valence-corrected chi connectivity index (χ3v) is 2.89. The van der Waals surface area contributed by atoms with Crippen LogP contribution in [-0.4, -0.2) is 15.6 Å². The molecule has 0 aliphatic carbocycles. The van der Waals surface area contributed by atoms with Gasteiger partial charge in [0.15, 0.2) is 0 Å². The number of anilines is 1.